The third-order valence-electron chi connectivity index (χ3n) is 6.05. The van der Waals surface area contributed by atoms with Crippen molar-refractivity contribution in [1.82, 2.24) is 24.4 Å². The summed E-state index contributed by atoms with van der Waals surface area (Å²) in [4.78, 5) is 51.1. The number of carbonyl (C=O) groups excluding carboxylic acids is 1. The van der Waals surface area contributed by atoms with Crippen LogP contribution in [0.1, 0.15) is 28.7 Å². The summed E-state index contributed by atoms with van der Waals surface area (Å²) in [6.45, 7) is 2.70. The number of nitrogens with zero attached hydrogens (tertiary/aromatic N) is 3. The Morgan fingerprint density at radius 2 is 1.69 bits per heavy atom. The minimum absolute atomic E-state index is 0.0965. The van der Waals surface area contributed by atoms with Crippen LogP contribution in [0.5, 0.6) is 0 Å². The molecule has 36 heavy (non-hydrogen) atoms. The summed E-state index contributed by atoms with van der Waals surface area (Å²) in [6, 6.07) is 21.6. The van der Waals surface area contributed by atoms with Gasteiger partial charge in [0.05, 0.1) is 28.4 Å². The molecule has 0 spiro atoms. The van der Waals surface area contributed by atoms with Crippen molar-refractivity contribution in [2.75, 3.05) is 0 Å². The maximum atomic E-state index is 13.7. The molecule has 0 saturated carbocycles. The fourth-order valence-corrected chi connectivity index (χ4v) is 4.57. The number of amides is 1. The molecule has 8 nitrogen and oxygen atoms in total. The van der Waals surface area contributed by atoms with Gasteiger partial charge in [-0.15, -0.1) is 0 Å². The maximum absolute atomic E-state index is 13.7. The van der Waals surface area contributed by atoms with Gasteiger partial charge < -0.3 is 14.9 Å². The van der Waals surface area contributed by atoms with Crippen molar-refractivity contribution < 1.29 is 4.79 Å². The van der Waals surface area contributed by atoms with E-state index in [1.807, 2.05) is 43.3 Å². The van der Waals surface area contributed by atoms with E-state index in [1.165, 1.54) is 4.57 Å². The molecule has 0 saturated heterocycles. The number of H-pyrrole nitrogens is 2. The highest BCUT2D eigenvalue weighted by atomic mass is 32.1. The van der Waals surface area contributed by atoms with E-state index in [4.69, 9.17) is 12.2 Å². The smallest absolute Gasteiger partial charge is 0.262 e. The first-order chi connectivity index (χ1) is 17.4. The molecule has 0 aliphatic rings. The second kappa shape index (κ2) is 9.71. The zero-order chi connectivity index (χ0) is 25.2. The van der Waals surface area contributed by atoms with E-state index >= 15 is 0 Å². The molecule has 0 aliphatic heterocycles. The number of fused-ring (bicyclic) bond motifs is 2. The summed E-state index contributed by atoms with van der Waals surface area (Å²) >= 11 is 5.32. The second-order valence-electron chi connectivity index (χ2n) is 8.42. The van der Waals surface area contributed by atoms with Gasteiger partial charge >= 0.3 is 0 Å². The molecule has 0 atom stereocenters. The molecule has 1 amide bonds. The molecular formula is C27H23N5O3S. The number of nitrogens with one attached hydrogen (secondary N) is 2. The Bertz CT molecular complexity index is 1770. The van der Waals surface area contributed by atoms with Crippen molar-refractivity contribution in [3.63, 3.8) is 0 Å². The lowest BCUT2D eigenvalue weighted by Crippen LogP contribution is -2.32. The molecule has 9 heteroatoms. The molecule has 5 rings (SSSR count). The average Bonchev–Trinajstić information content (AvgIpc) is 2.88. The van der Waals surface area contributed by atoms with Gasteiger partial charge in [-0.1, -0.05) is 42.5 Å². The van der Waals surface area contributed by atoms with Crippen LogP contribution >= 0.6 is 12.2 Å². The third kappa shape index (κ3) is 4.48. The predicted molar refractivity (Wildman–Crippen MR) is 141 cm³/mol. The van der Waals surface area contributed by atoms with Gasteiger partial charge in [0, 0.05) is 18.7 Å². The molecule has 0 aliphatic carbocycles. The van der Waals surface area contributed by atoms with E-state index in [9.17, 15) is 14.4 Å². The molecule has 3 aromatic carbocycles. The summed E-state index contributed by atoms with van der Waals surface area (Å²) in [5.74, 6) is 0.115. The van der Waals surface area contributed by atoms with Crippen LogP contribution in [0.4, 0.5) is 0 Å². The monoisotopic (exact) mass is 497 g/mol. The average molecular weight is 498 g/mol. The number of hydrogen-bond acceptors (Lipinski definition) is 5. The van der Waals surface area contributed by atoms with Gasteiger partial charge in [0.25, 0.3) is 17.0 Å². The van der Waals surface area contributed by atoms with Crippen molar-refractivity contribution in [2.24, 2.45) is 0 Å². The first-order valence-electron chi connectivity index (χ1n) is 11.5. The molecule has 0 unspecified atom stereocenters. The van der Waals surface area contributed by atoms with Gasteiger partial charge in [-0.25, -0.2) is 4.98 Å². The van der Waals surface area contributed by atoms with E-state index in [0.29, 0.717) is 51.1 Å². The summed E-state index contributed by atoms with van der Waals surface area (Å²) in [5, 5.41) is 0.946. The highest BCUT2D eigenvalue weighted by Crippen LogP contribution is 2.17. The van der Waals surface area contributed by atoms with Gasteiger partial charge in [0.2, 0.25) is 0 Å². The molecule has 2 heterocycles. The number of carbonyl (C=O) groups is 1. The van der Waals surface area contributed by atoms with E-state index in [1.54, 1.807) is 41.3 Å². The summed E-state index contributed by atoms with van der Waals surface area (Å²) in [5.41, 5.74) is 1.93. The zero-order valence-electron chi connectivity index (χ0n) is 19.5. The van der Waals surface area contributed by atoms with E-state index in [2.05, 4.69) is 15.0 Å². The standard InChI is InChI=1S/C27H23N5O3S/c1-2-32-26(35)20-13-12-18(14-22(20)29-27(32)36)25(34)31(15-17-8-4-3-5-9-17)16-23-28-21-11-7-6-10-19(21)24(33)30-23/h3-14H,2,15-16H2,1H3,(H,29,36)(H,28,30,33). The number of aromatic nitrogens is 4. The lowest BCUT2D eigenvalue weighted by atomic mass is 10.1. The summed E-state index contributed by atoms with van der Waals surface area (Å²) in [7, 11) is 0. The van der Waals surface area contributed by atoms with Crippen LogP contribution in [0.25, 0.3) is 21.8 Å². The second-order valence-corrected chi connectivity index (χ2v) is 8.80. The van der Waals surface area contributed by atoms with Crippen LogP contribution in [0.15, 0.2) is 82.4 Å². The Morgan fingerprint density at radius 3 is 2.47 bits per heavy atom. The van der Waals surface area contributed by atoms with Crippen LogP contribution in [-0.2, 0) is 19.6 Å². The lowest BCUT2D eigenvalue weighted by Gasteiger charge is -2.23. The topological polar surface area (TPSA) is 104 Å². The number of aromatic amines is 2. The molecule has 2 aromatic heterocycles. The van der Waals surface area contributed by atoms with Crippen LogP contribution in [0, 0.1) is 4.77 Å². The van der Waals surface area contributed by atoms with Crippen LogP contribution < -0.4 is 11.1 Å². The molecule has 2 N–H and O–H groups in total. The van der Waals surface area contributed by atoms with Crippen molar-refractivity contribution in [1.29, 1.82) is 0 Å². The van der Waals surface area contributed by atoms with Crippen LogP contribution in [0.3, 0.4) is 0 Å². The highest BCUT2D eigenvalue weighted by Gasteiger charge is 2.19. The Hall–Kier alpha value is -4.37. The maximum Gasteiger partial charge on any atom is 0.262 e. The zero-order valence-corrected chi connectivity index (χ0v) is 20.3. The fourth-order valence-electron chi connectivity index (χ4n) is 4.25. The third-order valence-corrected chi connectivity index (χ3v) is 6.37. The van der Waals surface area contributed by atoms with Crippen molar-refractivity contribution in [3.05, 3.63) is 115 Å². The minimum Gasteiger partial charge on any atom is -0.332 e. The van der Waals surface area contributed by atoms with Crippen molar-refractivity contribution >= 4 is 39.9 Å². The molecule has 5 aromatic rings. The van der Waals surface area contributed by atoms with Crippen molar-refractivity contribution in [3.8, 4) is 0 Å². The Balaban J connectivity index is 1.55. The molecule has 180 valence electrons. The number of hydrogen-bond donors (Lipinski definition) is 2. The van der Waals surface area contributed by atoms with E-state index in [-0.39, 0.29) is 23.6 Å². The fraction of sp³-hybridized carbons (Fsp3) is 0.148. The van der Waals surface area contributed by atoms with Crippen LogP contribution in [-0.4, -0.2) is 30.3 Å². The lowest BCUT2D eigenvalue weighted by molar-refractivity contribution is 0.0725. The Labute approximate surface area is 210 Å². The van der Waals surface area contributed by atoms with E-state index in [0.717, 1.165) is 5.56 Å². The van der Waals surface area contributed by atoms with Crippen molar-refractivity contribution in [2.45, 2.75) is 26.6 Å². The molecule has 0 radical (unpaired) electrons. The van der Waals surface area contributed by atoms with Gasteiger partial charge in [0.1, 0.15) is 5.82 Å². The largest absolute Gasteiger partial charge is 0.332 e. The number of para-hydroxylation sites is 1. The number of rotatable bonds is 6. The molecule has 0 fully saturated rings. The Morgan fingerprint density at radius 1 is 0.944 bits per heavy atom. The highest BCUT2D eigenvalue weighted by molar-refractivity contribution is 7.71. The normalized spacial score (nSPS) is 11.1. The molecule has 0 bridgehead atoms. The predicted octanol–water partition coefficient (Wildman–Crippen LogP) is 4.16. The SMILES string of the molecule is CCn1c(=S)[nH]c2cc(C(=O)N(Cc3ccccc3)Cc3nc4ccccc4c(=O)[nH]3)ccc2c1=O. The minimum atomic E-state index is -0.268. The van der Waals surface area contributed by atoms with Gasteiger partial charge in [-0.2, -0.15) is 0 Å². The van der Waals surface area contributed by atoms with E-state index < -0.39 is 0 Å². The number of benzene rings is 3. The Kier molecular flexibility index (Phi) is 6.30. The molecular weight excluding hydrogens is 474 g/mol. The summed E-state index contributed by atoms with van der Waals surface area (Å²) in [6.07, 6.45) is 0. The quantitative estimate of drug-likeness (QED) is 0.343. The van der Waals surface area contributed by atoms with Gasteiger partial charge in [-0.3, -0.25) is 19.0 Å². The first kappa shape index (κ1) is 23.4. The van der Waals surface area contributed by atoms with Gasteiger partial charge in [0.15, 0.2) is 4.77 Å². The van der Waals surface area contributed by atoms with Crippen LogP contribution in [0.2, 0.25) is 0 Å². The summed E-state index contributed by atoms with van der Waals surface area (Å²) < 4.78 is 1.78. The van der Waals surface area contributed by atoms with Gasteiger partial charge in [-0.05, 0) is 55.0 Å². The first-order valence-corrected chi connectivity index (χ1v) is 11.9.